The molecule has 0 saturated heterocycles. The molecule has 1 aliphatic carbocycles. The van der Waals surface area contributed by atoms with Crippen molar-refractivity contribution in [1.29, 1.82) is 0 Å². The minimum absolute atomic E-state index is 0.112. The number of unbranched alkanes of at least 4 members (excludes halogenated alkanes) is 1. The summed E-state index contributed by atoms with van der Waals surface area (Å²) in [5.41, 5.74) is 0.545. The van der Waals surface area contributed by atoms with Gasteiger partial charge in [0, 0.05) is 6.61 Å². The van der Waals surface area contributed by atoms with Crippen LogP contribution in [-0.4, -0.2) is 32.9 Å². The molecule has 2 rings (SSSR count). The van der Waals surface area contributed by atoms with Crippen LogP contribution in [0.5, 0.6) is 5.75 Å². The average molecular weight is 320 g/mol. The van der Waals surface area contributed by atoms with Crippen molar-refractivity contribution in [3.05, 3.63) is 29.8 Å². The molecular formula is C19H28O4. The first-order valence-corrected chi connectivity index (χ1v) is 8.62. The zero-order chi connectivity index (χ0) is 16.5. The largest absolute Gasteiger partial charge is 0.497 e. The topological polar surface area (TPSA) is 44.8 Å². The summed E-state index contributed by atoms with van der Waals surface area (Å²) in [6.45, 7) is 3.67. The fourth-order valence-electron chi connectivity index (χ4n) is 3.18. The maximum atomic E-state index is 12.7. The van der Waals surface area contributed by atoms with E-state index >= 15 is 0 Å². The standard InChI is InChI=1S/C19H28O4/c1-3-4-13-22-14-15-23-18(20)19(11-5-6-12-19)16-7-9-17(21-2)10-8-16/h7-10H,3-6,11-15H2,1-2H3. The number of carbonyl (C=O) groups excluding carboxylic acids is 1. The molecule has 0 aliphatic heterocycles. The van der Waals surface area contributed by atoms with Crippen LogP contribution in [0.15, 0.2) is 24.3 Å². The summed E-state index contributed by atoms with van der Waals surface area (Å²) in [7, 11) is 1.65. The van der Waals surface area contributed by atoms with E-state index in [0.717, 1.165) is 56.4 Å². The third-order valence-corrected chi connectivity index (χ3v) is 4.59. The lowest BCUT2D eigenvalue weighted by Crippen LogP contribution is -2.35. The first-order valence-electron chi connectivity index (χ1n) is 8.62. The Morgan fingerprint density at radius 2 is 1.78 bits per heavy atom. The van der Waals surface area contributed by atoms with E-state index in [1.165, 1.54) is 0 Å². The van der Waals surface area contributed by atoms with Crippen molar-refractivity contribution < 1.29 is 19.0 Å². The monoisotopic (exact) mass is 320 g/mol. The number of carbonyl (C=O) groups is 1. The quantitative estimate of drug-likeness (QED) is 0.512. The van der Waals surface area contributed by atoms with Crippen molar-refractivity contribution in [1.82, 2.24) is 0 Å². The predicted molar refractivity (Wildman–Crippen MR) is 89.8 cm³/mol. The fourth-order valence-corrected chi connectivity index (χ4v) is 3.18. The average Bonchev–Trinajstić information content (AvgIpc) is 3.09. The van der Waals surface area contributed by atoms with Crippen LogP contribution < -0.4 is 4.74 Å². The van der Waals surface area contributed by atoms with Gasteiger partial charge >= 0.3 is 5.97 Å². The SMILES string of the molecule is CCCCOCCOC(=O)C1(c2ccc(OC)cc2)CCCC1. The van der Waals surface area contributed by atoms with Gasteiger partial charge in [-0.15, -0.1) is 0 Å². The van der Waals surface area contributed by atoms with E-state index in [0.29, 0.717) is 13.2 Å². The van der Waals surface area contributed by atoms with E-state index in [9.17, 15) is 4.79 Å². The Hall–Kier alpha value is -1.55. The minimum Gasteiger partial charge on any atom is -0.497 e. The van der Waals surface area contributed by atoms with Gasteiger partial charge in [-0.2, -0.15) is 0 Å². The normalized spacial score (nSPS) is 16.3. The molecule has 0 radical (unpaired) electrons. The van der Waals surface area contributed by atoms with E-state index in [2.05, 4.69) is 6.92 Å². The molecule has 23 heavy (non-hydrogen) atoms. The molecule has 0 N–H and O–H groups in total. The van der Waals surface area contributed by atoms with Gasteiger partial charge in [0.05, 0.1) is 19.1 Å². The molecule has 1 saturated carbocycles. The number of rotatable bonds is 9. The molecule has 1 aromatic rings. The molecule has 4 nitrogen and oxygen atoms in total. The van der Waals surface area contributed by atoms with Gasteiger partial charge in [0.15, 0.2) is 0 Å². The van der Waals surface area contributed by atoms with Gasteiger partial charge in [0.25, 0.3) is 0 Å². The molecule has 0 atom stereocenters. The molecular weight excluding hydrogens is 292 g/mol. The minimum atomic E-state index is -0.490. The molecule has 0 amide bonds. The number of hydrogen-bond acceptors (Lipinski definition) is 4. The number of ether oxygens (including phenoxy) is 3. The summed E-state index contributed by atoms with van der Waals surface area (Å²) >= 11 is 0. The number of methoxy groups -OCH3 is 1. The van der Waals surface area contributed by atoms with E-state index < -0.39 is 5.41 Å². The second kappa shape index (κ2) is 8.92. The van der Waals surface area contributed by atoms with Crippen molar-refractivity contribution in [2.45, 2.75) is 50.9 Å². The summed E-state index contributed by atoms with van der Waals surface area (Å²) in [6.07, 6.45) is 6.00. The van der Waals surface area contributed by atoms with Gasteiger partial charge in [-0.3, -0.25) is 4.79 Å². The zero-order valence-electron chi connectivity index (χ0n) is 14.3. The molecule has 4 heteroatoms. The number of hydrogen-bond donors (Lipinski definition) is 0. The molecule has 1 aromatic carbocycles. The highest BCUT2D eigenvalue weighted by atomic mass is 16.6. The maximum absolute atomic E-state index is 12.7. The van der Waals surface area contributed by atoms with Gasteiger partial charge in [-0.05, 0) is 37.0 Å². The molecule has 1 aliphatic rings. The van der Waals surface area contributed by atoms with Crippen molar-refractivity contribution in [3.63, 3.8) is 0 Å². The first-order chi connectivity index (χ1) is 11.2. The van der Waals surface area contributed by atoms with Crippen LogP contribution in [0.1, 0.15) is 51.0 Å². The Kier molecular flexibility index (Phi) is 6.90. The van der Waals surface area contributed by atoms with Gasteiger partial charge in [0.2, 0.25) is 0 Å². The Morgan fingerprint density at radius 1 is 1.09 bits per heavy atom. The van der Waals surface area contributed by atoms with Crippen LogP contribution in [0.4, 0.5) is 0 Å². The number of benzene rings is 1. The highest BCUT2D eigenvalue weighted by Gasteiger charge is 2.44. The molecule has 0 spiro atoms. The van der Waals surface area contributed by atoms with Crippen LogP contribution in [0.3, 0.4) is 0 Å². The molecule has 128 valence electrons. The molecule has 0 heterocycles. The van der Waals surface area contributed by atoms with Crippen molar-refractivity contribution >= 4 is 5.97 Å². The second-order valence-corrected chi connectivity index (χ2v) is 6.12. The predicted octanol–water partition coefficient (Wildman–Crippen LogP) is 3.87. The summed E-state index contributed by atoms with van der Waals surface area (Å²) in [5, 5.41) is 0. The van der Waals surface area contributed by atoms with Gasteiger partial charge in [-0.1, -0.05) is 38.3 Å². The lowest BCUT2D eigenvalue weighted by atomic mass is 9.79. The highest BCUT2D eigenvalue weighted by molar-refractivity contribution is 5.83. The van der Waals surface area contributed by atoms with E-state index in [-0.39, 0.29) is 5.97 Å². The molecule has 0 bridgehead atoms. The fraction of sp³-hybridized carbons (Fsp3) is 0.632. The third-order valence-electron chi connectivity index (χ3n) is 4.59. The van der Waals surface area contributed by atoms with Crippen molar-refractivity contribution in [2.24, 2.45) is 0 Å². The zero-order valence-corrected chi connectivity index (χ0v) is 14.3. The van der Waals surface area contributed by atoms with Crippen LogP contribution in [0.25, 0.3) is 0 Å². The van der Waals surface area contributed by atoms with Crippen molar-refractivity contribution in [3.8, 4) is 5.75 Å². The summed E-state index contributed by atoms with van der Waals surface area (Å²) in [4.78, 5) is 12.7. The van der Waals surface area contributed by atoms with Crippen molar-refractivity contribution in [2.75, 3.05) is 26.9 Å². The van der Waals surface area contributed by atoms with Gasteiger partial charge in [-0.25, -0.2) is 0 Å². The Balaban J connectivity index is 1.95. The van der Waals surface area contributed by atoms with Crippen LogP contribution in [0, 0.1) is 0 Å². The summed E-state index contributed by atoms with van der Waals surface area (Å²) < 4.78 is 16.2. The molecule has 0 aromatic heterocycles. The van der Waals surface area contributed by atoms with Crippen LogP contribution in [-0.2, 0) is 19.7 Å². The smallest absolute Gasteiger partial charge is 0.316 e. The maximum Gasteiger partial charge on any atom is 0.316 e. The van der Waals surface area contributed by atoms with E-state index in [1.807, 2.05) is 24.3 Å². The Bertz CT molecular complexity index is 475. The summed E-state index contributed by atoms with van der Waals surface area (Å²) in [6, 6.07) is 7.80. The first kappa shape index (κ1) is 17.8. The van der Waals surface area contributed by atoms with Gasteiger partial charge in [0.1, 0.15) is 12.4 Å². The lowest BCUT2D eigenvalue weighted by Gasteiger charge is -2.27. The van der Waals surface area contributed by atoms with Crippen LogP contribution in [0.2, 0.25) is 0 Å². The molecule has 0 unspecified atom stereocenters. The number of esters is 1. The van der Waals surface area contributed by atoms with E-state index in [4.69, 9.17) is 14.2 Å². The second-order valence-electron chi connectivity index (χ2n) is 6.12. The Morgan fingerprint density at radius 3 is 2.39 bits per heavy atom. The Labute approximate surface area is 139 Å². The van der Waals surface area contributed by atoms with E-state index in [1.54, 1.807) is 7.11 Å². The summed E-state index contributed by atoms with van der Waals surface area (Å²) in [5.74, 6) is 0.693. The van der Waals surface area contributed by atoms with Crippen LogP contribution >= 0.6 is 0 Å². The molecule has 1 fully saturated rings. The van der Waals surface area contributed by atoms with Gasteiger partial charge < -0.3 is 14.2 Å². The highest BCUT2D eigenvalue weighted by Crippen LogP contribution is 2.42. The lowest BCUT2D eigenvalue weighted by molar-refractivity contribution is -0.152. The third kappa shape index (κ3) is 4.47.